The number of pyridine rings is 1. The summed E-state index contributed by atoms with van der Waals surface area (Å²) in [6.07, 6.45) is 1.50. The first-order chi connectivity index (χ1) is 10.5. The number of thioether (sulfide) groups is 1. The Hall–Kier alpha value is -1.76. The predicted molar refractivity (Wildman–Crippen MR) is 90.1 cm³/mol. The van der Waals surface area contributed by atoms with Crippen LogP contribution in [0.2, 0.25) is 0 Å². The molecule has 0 aliphatic heterocycles. The van der Waals surface area contributed by atoms with Crippen LogP contribution < -0.4 is 5.73 Å². The van der Waals surface area contributed by atoms with Crippen molar-refractivity contribution in [1.29, 1.82) is 0 Å². The third-order valence-electron chi connectivity index (χ3n) is 3.40. The largest absolute Gasteiger partial charge is 0.398 e. The number of nitrogens with zero attached hydrogens (tertiary/aromatic N) is 3. The molecule has 6 nitrogen and oxygen atoms in total. The maximum atomic E-state index is 12.5. The minimum absolute atomic E-state index is 0.127. The van der Waals surface area contributed by atoms with Gasteiger partial charge in [0.05, 0.1) is 4.90 Å². The van der Waals surface area contributed by atoms with E-state index >= 15 is 0 Å². The van der Waals surface area contributed by atoms with E-state index in [0.29, 0.717) is 36.8 Å². The van der Waals surface area contributed by atoms with Crippen molar-refractivity contribution in [3.8, 4) is 0 Å². The standard InChI is InChI=1S/C15H24N4O2S/c1-5-18(6-2)14(20)12-13(11(16)9-10-17-12)22-15(21)19(7-3)8-4/h9-10H,5-8H2,1-4H3,(H2,16,17). The predicted octanol–water partition coefficient (Wildman–Crippen LogP) is 2.70. The summed E-state index contributed by atoms with van der Waals surface area (Å²) in [7, 11) is 0. The molecule has 0 fully saturated rings. The highest BCUT2D eigenvalue weighted by Crippen LogP contribution is 2.30. The molecule has 0 saturated heterocycles. The topological polar surface area (TPSA) is 79.5 Å². The Kier molecular flexibility index (Phi) is 7.17. The molecule has 0 aromatic carbocycles. The highest BCUT2D eigenvalue weighted by atomic mass is 32.2. The van der Waals surface area contributed by atoms with Crippen LogP contribution in [-0.4, -0.2) is 52.1 Å². The summed E-state index contributed by atoms with van der Waals surface area (Å²) in [5.41, 5.74) is 6.61. The molecule has 0 aliphatic carbocycles. The maximum absolute atomic E-state index is 12.5. The fraction of sp³-hybridized carbons (Fsp3) is 0.533. The zero-order valence-electron chi connectivity index (χ0n) is 13.6. The van der Waals surface area contributed by atoms with Crippen molar-refractivity contribution in [2.24, 2.45) is 0 Å². The van der Waals surface area contributed by atoms with E-state index in [1.54, 1.807) is 15.9 Å². The molecule has 0 aliphatic rings. The Balaban J connectivity index is 3.14. The van der Waals surface area contributed by atoms with Crippen LogP contribution in [0.3, 0.4) is 0 Å². The average Bonchev–Trinajstić information content (AvgIpc) is 2.51. The van der Waals surface area contributed by atoms with Crippen LogP contribution in [0, 0.1) is 0 Å². The van der Waals surface area contributed by atoms with Crippen molar-refractivity contribution < 1.29 is 9.59 Å². The summed E-state index contributed by atoms with van der Waals surface area (Å²) >= 11 is 0.973. The van der Waals surface area contributed by atoms with Crippen LogP contribution in [0.1, 0.15) is 38.2 Å². The van der Waals surface area contributed by atoms with E-state index in [-0.39, 0.29) is 16.8 Å². The van der Waals surface area contributed by atoms with Gasteiger partial charge in [0.1, 0.15) is 5.69 Å². The van der Waals surface area contributed by atoms with E-state index in [0.717, 1.165) is 11.8 Å². The van der Waals surface area contributed by atoms with Crippen LogP contribution in [0.5, 0.6) is 0 Å². The molecular formula is C15H24N4O2S. The van der Waals surface area contributed by atoms with Crippen LogP contribution in [0.4, 0.5) is 10.5 Å². The van der Waals surface area contributed by atoms with Gasteiger partial charge >= 0.3 is 0 Å². The lowest BCUT2D eigenvalue weighted by atomic mass is 10.3. The molecule has 1 rings (SSSR count). The fourth-order valence-electron chi connectivity index (χ4n) is 2.02. The molecule has 7 heteroatoms. The Morgan fingerprint density at radius 2 is 1.64 bits per heavy atom. The highest BCUT2D eigenvalue weighted by Gasteiger charge is 2.23. The number of nitrogen functional groups attached to an aromatic ring is 1. The summed E-state index contributed by atoms with van der Waals surface area (Å²) < 4.78 is 0. The Morgan fingerprint density at radius 1 is 1.09 bits per heavy atom. The zero-order chi connectivity index (χ0) is 16.7. The molecule has 1 heterocycles. The Bertz CT molecular complexity index is 528. The van der Waals surface area contributed by atoms with Crippen molar-refractivity contribution in [2.75, 3.05) is 31.9 Å². The molecular weight excluding hydrogens is 300 g/mol. The van der Waals surface area contributed by atoms with E-state index in [1.165, 1.54) is 6.20 Å². The SMILES string of the molecule is CCN(CC)C(=O)Sc1c(N)ccnc1C(=O)N(CC)CC. The lowest BCUT2D eigenvalue weighted by molar-refractivity contribution is 0.0763. The van der Waals surface area contributed by atoms with E-state index in [4.69, 9.17) is 5.73 Å². The van der Waals surface area contributed by atoms with E-state index in [9.17, 15) is 9.59 Å². The normalized spacial score (nSPS) is 10.4. The van der Waals surface area contributed by atoms with Gasteiger partial charge in [-0.25, -0.2) is 4.98 Å². The molecule has 0 radical (unpaired) electrons. The van der Waals surface area contributed by atoms with Gasteiger partial charge in [0, 0.05) is 38.1 Å². The second kappa shape index (κ2) is 8.63. The summed E-state index contributed by atoms with van der Waals surface area (Å²) in [4.78, 5) is 32.8. The number of carbonyl (C=O) groups is 2. The second-order valence-electron chi connectivity index (χ2n) is 4.60. The number of hydrogen-bond donors (Lipinski definition) is 1. The van der Waals surface area contributed by atoms with E-state index in [2.05, 4.69) is 4.98 Å². The number of anilines is 1. The lowest BCUT2D eigenvalue weighted by Crippen LogP contribution is -2.32. The molecule has 2 amide bonds. The van der Waals surface area contributed by atoms with Gasteiger partial charge in [0.25, 0.3) is 11.1 Å². The van der Waals surface area contributed by atoms with Gasteiger partial charge in [-0.05, 0) is 45.5 Å². The Morgan fingerprint density at radius 3 is 2.14 bits per heavy atom. The summed E-state index contributed by atoms with van der Waals surface area (Å²) in [6.45, 7) is 10.0. The quantitative estimate of drug-likeness (QED) is 0.814. The number of nitrogens with two attached hydrogens (primary N) is 1. The van der Waals surface area contributed by atoms with Crippen LogP contribution >= 0.6 is 11.8 Å². The second-order valence-corrected chi connectivity index (χ2v) is 5.56. The van der Waals surface area contributed by atoms with Crippen molar-refractivity contribution in [1.82, 2.24) is 14.8 Å². The number of amides is 2. The van der Waals surface area contributed by atoms with Crippen molar-refractivity contribution >= 4 is 28.6 Å². The van der Waals surface area contributed by atoms with Gasteiger partial charge in [0.2, 0.25) is 0 Å². The first-order valence-corrected chi connectivity index (χ1v) is 8.32. The fourth-order valence-corrected chi connectivity index (χ4v) is 3.00. The lowest BCUT2D eigenvalue weighted by Gasteiger charge is -2.21. The molecule has 1 aromatic heterocycles. The average molecular weight is 324 g/mol. The third-order valence-corrected chi connectivity index (χ3v) is 4.47. The zero-order valence-corrected chi connectivity index (χ0v) is 14.4. The highest BCUT2D eigenvalue weighted by molar-refractivity contribution is 8.13. The third kappa shape index (κ3) is 4.13. The molecule has 2 N–H and O–H groups in total. The van der Waals surface area contributed by atoms with Crippen molar-refractivity contribution in [2.45, 2.75) is 32.6 Å². The maximum Gasteiger partial charge on any atom is 0.286 e. The molecule has 122 valence electrons. The van der Waals surface area contributed by atoms with Gasteiger partial charge in [-0.3, -0.25) is 9.59 Å². The first-order valence-electron chi connectivity index (χ1n) is 7.50. The van der Waals surface area contributed by atoms with Gasteiger partial charge < -0.3 is 15.5 Å². The summed E-state index contributed by atoms with van der Waals surface area (Å²) in [5, 5.41) is -0.127. The smallest absolute Gasteiger partial charge is 0.286 e. The molecule has 0 bridgehead atoms. The van der Waals surface area contributed by atoms with E-state index < -0.39 is 0 Å². The minimum atomic E-state index is -0.202. The van der Waals surface area contributed by atoms with Gasteiger partial charge in [-0.15, -0.1) is 0 Å². The summed E-state index contributed by atoms with van der Waals surface area (Å²) in [6, 6.07) is 1.61. The molecule has 0 saturated carbocycles. The molecule has 1 aromatic rings. The molecule has 0 atom stereocenters. The number of hydrogen-bond acceptors (Lipinski definition) is 5. The van der Waals surface area contributed by atoms with Crippen LogP contribution in [0.15, 0.2) is 17.2 Å². The van der Waals surface area contributed by atoms with Crippen LogP contribution in [0.25, 0.3) is 0 Å². The number of carbonyl (C=O) groups excluding carboxylic acids is 2. The van der Waals surface area contributed by atoms with Gasteiger partial charge in [-0.2, -0.15) is 0 Å². The monoisotopic (exact) mass is 324 g/mol. The van der Waals surface area contributed by atoms with Crippen LogP contribution in [-0.2, 0) is 0 Å². The first kappa shape index (κ1) is 18.3. The molecule has 22 heavy (non-hydrogen) atoms. The number of aromatic nitrogens is 1. The van der Waals surface area contributed by atoms with Crippen molar-refractivity contribution in [3.05, 3.63) is 18.0 Å². The number of rotatable bonds is 6. The van der Waals surface area contributed by atoms with E-state index in [1.807, 2.05) is 27.7 Å². The van der Waals surface area contributed by atoms with Gasteiger partial charge in [-0.1, -0.05) is 0 Å². The van der Waals surface area contributed by atoms with Gasteiger partial charge in [0.15, 0.2) is 0 Å². The minimum Gasteiger partial charge on any atom is -0.398 e. The molecule has 0 spiro atoms. The van der Waals surface area contributed by atoms with Crippen molar-refractivity contribution in [3.63, 3.8) is 0 Å². The summed E-state index contributed by atoms with van der Waals surface area (Å²) in [5.74, 6) is -0.202. The Labute approximate surface area is 136 Å². The molecule has 0 unspecified atom stereocenters.